The van der Waals surface area contributed by atoms with E-state index in [-0.39, 0.29) is 5.97 Å². The molecule has 0 spiro atoms. The number of nitrogens with zero attached hydrogens (tertiary/aromatic N) is 1. The highest BCUT2D eigenvalue weighted by Crippen LogP contribution is 2.06. The summed E-state index contributed by atoms with van der Waals surface area (Å²) >= 11 is 0. The first-order valence-electron chi connectivity index (χ1n) is 8.98. The van der Waals surface area contributed by atoms with Crippen LogP contribution in [0.25, 0.3) is 0 Å². The minimum Gasteiger partial charge on any atom is -0.464 e. The first kappa shape index (κ1) is 20.4. The van der Waals surface area contributed by atoms with Gasteiger partial charge in [0.25, 0.3) is 0 Å². The van der Waals surface area contributed by atoms with Crippen molar-refractivity contribution >= 4 is 5.97 Å². The highest BCUT2D eigenvalue weighted by molar-refractivity contribution is 5.71. The van der Waals surface area contributed by atoms with Crippen molar-refractivity contribution in [2.75, 3.05) is 26.2 Å². The normalized spacial score (nSPS) is 11.3. The van der Waals surface area contributed by atoms with Crippen molar-refractivity contribution in [1.82, 2.24) is 4.90 Å². The minimum absolute atomic E-state index is 0.0605. The quantitative estimate of drug-likeness (QED) is 0.345. The Labute approximate surface area is 132 Å². The summed E-state index contributed by atoms with van der Waals surface area (Å²) in [6.07, 6.45) is 10.0. The molecule has 0 amide bonds. The third kappa shape index (κ3) is 14.1. The Morgan fingerprint density at radius 2 is 1.43 bits per heavy atom. The number of hydrogen-bond acceptors (Lipinski definition) is 3. The van der Waals surface area contributed by atoms with Gasteiger partial charge in [-0.15, -0.1) is 0 Å². The number of ether oxygens (including phenoxy) is 1. The first-order valence-corrected chi connectivity index (χ1v) is 8.98. The van der Waals surface area contributed by atoms with E-state index in [0.717, 1.165) is 13.1 Å². The Hall–Kier alpha value is -0.570. The molecule has 0 fully saturated rings. The largest absolute Gasteiger partial charge is 0.464 e. The number of carbonyl (C=O) groups excluding carboxylic acids is 1. The highest BCUT2D eigenvalue weighted by Gasteiger charge is 2.12. The summed E-state index contributed by atoms with van der Waals surface area (Å²) in [7, 11) is 0. The van der Waals surface area contributed by atoms with Gasteiger partial charge in [-0.25, -0.2) is 0 Å². The van der Waals surface area contributed by atoms with Gasteiger partial charge >= 0.3 is 5.97 Å². The SMILES string of the molecule is CCCCCCN(CCCCCC)CC(=O)OCC(C)C. The predicted octanol–water partition coefficient (Wildman–Crippen LogP) is 4.65. The molecule has 0 atom stereocenters. The number of hydrogen-bond donors (Lipinski definition) is 0. The third-order valence-corrected chi connectivity index (χ3v) is 3.59. The van der Waals surface area contributed by atoms with Crippen LogP contribution >= 0.6 is 0 Å². The van der Waals surface area contributed by atoms with E-state index in [9.17, 15) is 4.79 Å². The van der Waals surface area contributed by atoms with Gasteiger partial charge in [-0.3, -0.25) is 9.69 Å². The third-order valence-electron chi connectivity index (χ3n) is 3.59. The van der Waals surface area contributed by atoms with Crippen LogP contribution in [0.3, 0.4) is 0 Å². The second-order valence-electron chi connectivity index (χ2n) is 6.47. The van der Waals surface area contributed by atoms with E-state index in [0.29, 0.717) is 19.1 Å². The topological polar surface area (TPSA) is 29.5 Å². The Bertz CT molecular complexity index is 229. The van der Waals surface area contributed by atoms with Crippen LogP contribution < -0.4 is 0 Å². The van der Waals surface area contributed by atoms with E-state index in [1.807, 2.05) is 0 Å². The van der Waals surface area contributed by atoms with E-state index in [2.05, 4.69) is 32.6 Å². The van der Waals surface area contributed by atoms with E-state index in [1.54, 1.807) is 0 Å². The Morgan fingerprint density at radius 1 is 0.905 bits per heavy atom. The number of rotatable bonds is 14. The van der Waals surface area contributed by atoms with Crippen LogP contribution in [0.5, 0.6) is 0 Å². The van der Waals surface area contributed by atoms with Gasteiger partial charge in [-0.05, 0) is 31.8 Å². The fourth-order valence-corrected chi connectivity index (χ4v) is 2.28. The van der Waals surface area contributed by atoms with E-state index in [1.165, 1.54) is 51.4 Å². The lowest BCUT2D eigenvalue weighted by molar-refractivity contribution is -0.146. The molecular formula is C18H37NO2. The summed E-state index contributed by atoms with van der Waals surface area (Å²) in [5.41, 5.74) is 0. The van der Waals surface area contributed by atoms with Crippen LogP contribution in [-0.2, 0) is 9.53 Å². The van der Waals surface area contributed by atoms with Crippen molar-refractivity contribution in [2.45, 2.75) is 79.1 Å². The zero-order valence-electron chi connectivity index (χ0n) is 14.8. The van der Waals surface area contributed by atoms with Gasteiger partial charge in [-0.1, -0.05) is 66.2 Å². The van der Waals surface area contributed by atoms with Crippen LogP contribution in [0.15, 0.2) is 0 Å². The van der Waals surface area contributed by atoms with Gasteiger partial charge in [0, 0.05) is 0 Å². The van der Waals surface area contributed by atoms with Crippen LogP contribution in [0, 0.1) is 5.92 Å². The number of carbonyl (C=O) groups is 1. The van der Waals surface area contributed by atoms with Gasteiger partial charge in [0.15, 0.2) is 0 Å². The van der Waals surface area contributed by atoms with Gasteiger partial charge in [0.05, 0.1) is 13.2 Å². The molecule has 0 aromatic carbocycles. The molecular weight excluding hydrogens is 262 g/mol. The number of unbranched alkanes of at least 4 members (excludes halogenated alkanes) is 6. The van der Waals surface area contributed by atoms with Crippen LogP contribution in [0.4, 0.5) is 0 Å². The molecule has 0 radical (unpaired) electrons. The predicted molar refractivity (Wildman–Crippen MR) is 90.5 cm³/mol. The Balaban J connectivity index is 4.00. The van der Waals surface area contributed by atoms with Crippen molar-refractivity contribution in [3.63, 3.8) is 0 Å². The Morgan fingerprint density at radius 3 is 1.86 bits per heavy atom. The fourth-order valence-electron chi connectivity index (χ4n) is 2.28. The zero-order chi connectivity index (χ0) is 15.9. The molecule has 0 rings (SSSR count). The van der Waals surface area contributed by atoms with Crippen molar-refractivity contribution < 1.29 is 9.53 Å². The maximum absolute atomic E-state index is 11.9. The van der Waals surface area contributed by atoms with Gasteiger partial charge in [0.2, 0.25) is 0 Å². The molecule has 0 aliphatic rings. The summed E-state index contributed by atoms with van der Waals surface area (Å²) in [6, 6.07) is 0. The molecule has 0 aliphatic heterocycles. The van der Waals surface area contributed by atoms with E-state index in [4.69, 9.17) is 4.74 Å². The molecule has 3 nitrogen and oxygen atoms in total. The first-order chi connectivity index (χ1) is 10.1. The number of esters is 1. The molecule has 0 aromatic rings. The molecule has 0 aromatic heterocycles. The Kier molecular flexibility index (Phi) is 14.0. The minimum atomic E-state index is -0.0605. The molecule has 0 saturated carbocycles. The molecule has 3 heteroatoms. The molecule has 21 heavy (non-hydrogen) atoms. The second-order valence-corrected chi connectivity index (χ2v) is 6.47. The fraction of sp³-hybridized carbons (Fsp3) is 0.944. The summed E-state index contributed by atoms with van der Waals surface area (Å²) in [5, 5.41) is 0. The molecule has 0 N–H and O–H groups in total. The summed E-state index contributed by atoms with van der Waals surface area (Å²) in [5.74, 6) is 0.353. The maximum atomic E-state index is 11.9. The molecule has 126 valence electrons. The summed E-state index contributed by atoms with van der Waals surface area (Å²) in [4.78, 5) is 14.2. The van der Waals surface area contributed by atoms with Crippen LogP contribution in [0.2, 0.25) is 0 Å². The van der Waals surface area contributed by atoms with Gasteiger partial charge in [0.1, 0.15) is 0 Å². The highest BCUT2D eigenvalue weighted by atomic mass is 16.5. The molecule has 0 bridgehead atoms. The zero-order valence-corrected chi connectivity index (χ0v) is 14.8. The lowest BCUT2D eigenvalue weighted by Crippen LogP contribution is -2.33. The lowest BCUT2D eigenvalue weighted by atomic mass is 10.1. The summed E-state index contributed by atoms with van der Waals surface area (Å²) in [6.45, 7) is 11.7. The van der Waals surface area contributed by atoms with E-state index < -0.39 is 0 Å². The second kappa shape index (κ2) is 14.4. The van der Waals surface area contributed by atoms with E-state index >= 15 is 0 Å². The van der Waals surface area contributed by atoms with Crippen molar-refractivity contribution in [1.29, 1.82) is 0 Å². The molecule has 0 aliphatic carbocycles. The average Bonchev–Trinajstić information content (AvgIpc) is 2.45. The standard InChI is InChI=1S/C18H37NO2/c1-5-7-9-11-13-19(14-12-10-8-6-2)15-18(20)21-16-17(3)4/h17H,5-16H2,1-4H3. The van der Waals surface area contributed by atoms with Crippen LogP contribution in [0.1, 0.15) is 79.1 Å². The smallest absolute Gasteiger partial charge is 0.320 e. The van der Waals surface area contributed by atoms with Gasteiger partial charge < -0.3 is 4.74 Å². The monoisotopic (exact) mass is 299 g/mol. The molecule has 0 saturated heterocycles. The van der Waals surface area contributed by atoms with Crippen molar-refractivity contribution in [2.24, 2.45) is 5.92 Å². The summed E-state index contributed by atoms with van der Waals surface area (Å²) < 4.78 is 5.31. The maximum Gasteiger partial charge on any atom is 0.320 e. The molecule has 0 heterocycles. The molecule has 0 unspecified atom stereocenters. The lowest BCUT2D eigenvalue weighted by Gasteiger charge is -2.21. The van der Waals surface area contributed by atoms with Gasteiger partial charge in [-0.2, -0.15) is 0 Å². The van der Waals surface area contributed by atoms with Crippen molar-refractivity contribution in [3.8, 4) is 0 Å². The van der Waals surface area contributed by atoms with Crippen LogP contribution in [-0.4, -0.2) is 37.1 Å². The van der Waals surface area contributed by atoms with Crippen molar-refractivity contribution in [3.05, 3.63) is 0 Å². The average molecular weight is 299 g/mol.